The molecule has 3 aromatic carbocycles. The highest BCUT2D eigenvalue weighted by atomic mass is 16.5. The van der Waals surface area contributed by atoms with E-state index in [9.17, 15) is 14.7 Å². The van der Waals surface area contributed by atoms with Gasteiger partial charge in [-0.05, 0) is 41.8 Å². The molecule has 1 amide bonds. The molecule has 170 valence electrons. The molecule has 0 bridgehead atoms. The number of carbonyl (C=O) groups is 2. The van der Waals surface area contributed by atoms with Crippen LogP contribution in [-0.2, 0) is 11.2 Å². The quantitative estimate of drug-likeness (QED) is 0.374. The minimum Gasteiger partial charge on any atom is -0.503 e. The Morgan fingerprint density at radius 1 is 1.03 bits per heavy atom. The minimum atomic E-state index is -0.802. The third kappa shape index (κ3) is 3.44. The van der Waals surface area contributed by atoms with Crippen LogP contribution in [0.2, 0.25) is 0 Å². The Bertz CT molecular complexity index is 1420. The topological polar surface area (TPSA) is 80.0 Å². The van der Waals surface area contributed by atoms with Crippen molar-refractivity contribution in [2.75, 3.05) is 12.0 Å². The second-order valence-corrected chi connectivity index (χ2v) is 8.09. The van der Waals surface area contributed by atoms with Crippen LogP contribution >= 0.6 is 0 Å². The number of ketones is 1. The fraction of sp³-hybridized carbons (Fsp3) is 0.143. The van der Waals surface area contributed by atoms with E-state index < -0.39 is 23.5 Å². The predicted molar refractivity (Wildman–Crippen MR) is 129 cm³/mol. The largest absolute Gasteiger partial charge is 0.503 e. The number of ether oxygens (including phenoxy) is 1. The Balaban J connectivity index is 1.64. The summed E-state index contributed by atoms with van der Waals surface area (Å²) >= 11 is 0. The number of furan rings is 1. The fourth-order valence-corrected chi connectivity index (χ4v) is 4.39. The fourth-order valence-electron chi connectivity index (χ4n) is 4.39. The normalized spacial score (nSPS) is 15.9. The van der Waals surface area contributed by atoms with Crippen molar-refractivity contribution in [3.63, 3.8) is 0 Å². The number of nitrogens with zero attached hydrogens (tertiary/aromatic N) is 1. The molecule has 0 radical (unpaired) electrons. The zero-order valence-electron chi connectivity index (χ0n) is 18.8. The summed E-state index contributed by atoms with van der Waals surface area (Å²) in [7, 11) is 1.52. The number of aryl methyl sites for hydroxylation is 1. The molecular formula is C28H23NO5. The minimum absolute atomic E-state index is 0.0196. The molecule has 0 fully saturated rings. The summed E-state index contributed by atoms with van der Waals surface area (Å²) in [6.45, 7) is 2.05. The molecule has 0 saturated heterocycles. The Hall–Kier alpha value is -4.32. The van der Waals surface area contributed by atoms with E-state index in [1.54, 1.807) is 18.2 Å². The molecule has 1 N–H and O–H groups in total. The molecule has 0 spiro atoms. The van der Waals surface area contributed by atoms with E-state index in [-0.39, 0.29) is 11.3 Å². The van der Waals surface area contributed by atoms with Crippen molar-refractivity contribution in [1.82, 2.24) is 0 Å². The van der Waals surface area contributed by atoms with Gasteiger partial charge in [0.2, 0.25) is 5.78 Å². The van der Waals surface area contributed by atoms with E-state index >= 15 is 0 Å². The molecule has 34 heavy (non-hydrogen) atoms. The summed E-state index contributed by atoms with van der Waals surface area (Å²) in [5.41, 5.74) is 2.83. The number of Topliss-reactive ketones (excluding diaryl/α,β-unsaturated/α-hetero) is 1. The summed E-state index contributed by atoms with van der Waals surface area (Å²) in [4.78, 5) is 28.4. The van der Waals surface area contributed by atoms with E-state index in [1.165, 1.54) is 12.0 Å². The molecule has 6 nitrogen and oxygen atoms in total. The van der Waals surface area contributed by atoms with Gasteiger partial charge in [0, 0.05) is 11.1 Å². The first-order chi connectivity index (χ1) is 16.5. The molecular weight excluding hydrogens is 430 g/mol. The van der Waals surface area contributed by atoms with Crippen molar-refractivity contribution in [3.05, 3.63) is 107 Å². The standard InChI is InChI=1S/C28H23NO5/c1-3-17-12-14-20(15-13-17)29-24(18-8-5-4-6-9-18)23(26(31)28(29)32)25(30)22-16-19-10-7-11-21(33-2)27(19)34-22/h4-16,24,31H,3H2,1-2H3. The second kappa shape index (κ2) is 8.56. The Labute approximate surface area is 196 Å². The maximum absolute atomic E-state index is 13.7. The van der Waals surface area contributed by atoms with Gasteiger partial charge in [0.1, 0.15) is 0 Å². The van der Waals surface area contributed by atoms with Crippen LogP contribution in [0.3, 0.4) is 0 Å². The number of methoxy groups -OCH3 is 1. The van der Waals surface area contributed by atoms with Crippen LogP contribution in [0.5, 0.6) is 5.75 Å². The molecule has 1 aromatic heterocycles. The average molecular weight is 453 g/mol. The van der Waals surface area contributed by atoms with Crippen LogP contribution < -0.4 is 9.64 Å². The summed E-state index contributed by atoms with van der Waals surface area (Å²) in [5, 5.41) is 11.6. The lowest BCUT2D eigenvalue weighted by Gasteiger charge is -2.27. The van der Waals surface area contributed by atoms with Gasteiger partial charge in [0.05, 0.1) is 18.7 Å². The third-order valence-corrected chi connectivity index (χ3v) is 6.14. The lowest BCUT2D eigenvalue weighted by Crippen LogP contribution is -2.31. The third-order valence-electron chi connectivity index (χ3n) is 6.14. The highest BCUT2D eigenvalue weighted by Gasteiger charge is 2.45. The molecule has 1 aliphatic rings. The lowest BCUT2D eigenvalue weighted by atomic mass is 9.94. The number of hydrogen-bond donors (Lipinski definition) is 1. The van der Waals surface area contributed by atoms with Crippen molar-refractivity contribution < 1.29 is 23.8 Å². The first-order valence-corrected chi connectivity index (χ1v) is 11.0. The highest BCUT2D eigenvalue weighted by Crippen LogP contribution is 2.42. The van der Waals surface area contributed by atoms with E-state index in [0.717, 1.165) is 12.0 Å². The van der Waals surface area contributed by atoms with Gasteiger partial charge in [-0.2, -0.15) is 0 Å². The average Bonchev–Trinajstić information content (AvgIpc) is 3.43. The highest BCUT2D eigenvalue weighted by molar-refractivity contribution is 6.20. The van der Waals surface area contributed by atoms with Crippen molar-refractivity contribution in [1.29, 1.82) is 0 Å². The lowest BCUT2D eigenvalue weighted by molar-refractivity contribution is -0.117. The molecule has 1 atom stereocenters. The molecule has 6 heteroatoms. The van der Waals surface area contributed by atoms with Crippen LogP contribution in [0.1, 0.15) is 34.6 Å². The summed E-state index contributed by atoms with van der Waals surface area (Å²) < 4.78 is 11.2. The van der Waals surface area contributed by atoms with Gasteiger partial charge in [0.15, 0.2) is 22.9 Å². The zero-order chi connectivity index (χ0) is 23.8. The Morgan fingerprint density at radius 2 is 1.76 bits per heavy atom. The van der Waals surface area contributed by atoms with Gasteiger partial charge >= 0.3 is 0 Å². The van der Waals surface area contributed by atoms with E-state index in [4.69, 9.17) is 9.15 Å². The number of hydrogen-bond acceptors (Lipinski definition) is 5. The van der Waals surface area contributed by atoms with Crippen molar-refractivity contribution in [2.45, 2.75) is 19.4 Å². The van der Waals surface area contributed by atoms with Gasteiger partial charge in [-0.15, -0.1) is 0 Å². The summed E-state index contributed by atoms with van der Waals surface area (Å²) in [6, 6.07) is 22.9. The zero-order valence-corrected chi connectivity index (χ0v) is 18.8. The summed E-state index contributed by atoms with van der Waals surface area (Å²) in [6.07, 6.45) is 0.860. The molecule has 4 aromatic rings. The van der Waals surface area contributed by atoms with E-state index in [2.05, 4.69) is 6.92 Å². The van der Waals surface area contributed by atoms with Crippen LogP contribution in [0, 0.1) is 0 Å². The van der Waals surface area contributed by atoms with Gasteiger partial charge < -0.3 is 14.3 Å². The van der Waals surface area contributed by atoms with Crippen LogP contribution in [0.15, 0.2) is 94.6 Å². The number of aliphatic hydroxyl groups is 1. The molecule has 5 rings (SSSR count). The number of amides is 1. The van der Waals surface area contributed by atoms with E-state index in [0.29, 0.717) is 28.0 Å². The van der Waals surface area contributed by atoms with Gasteiger partial charge in [-0.25, -0.2) is 0 Å². The number of rotatable bonds is 6. The van der Waals surface area contributed by atoms with E-state index in [1.807, 2.05) is 60.7 Å². The number of fused-ring (bicyclic) bond motifs is 1. The van der Waals surface area contributed by atoms with Gasteiger partial charge in [-0.1, -0.05) is 61.5 Å². The first-order valence-electron chi connectivity index (χ1n) is 11.0. The van der Waals surface area contributed by atoms with Crippen molar-refractivity contribution in [3.8, 4) is 5.75 Å². The van der Waals surface area contributed by atoms with Crippen molar-refractivity contribution in [2.24, 2.45) is 0 Å². The number of benzene rings is 3. The predicted octanol–water partition coefficient (Wildman–Crippen LogP) is 5.79. The maximum Gasteiger partial charge on any atom is 0.294 e. The van der Waals surface area contributed by atoms with Crippen LogP contribution in [0.4, 0.5) is 5.69 Å². The molecule has 0 aliphatic carbocycles. The summed E-state index contributed by atoms with van der Waals surface area (Å²) in [5.74, 6) is -1.24. The molecule has 2 heterocycles. The number of aliphatic hydroxyl groups excluding tert-OH is 1. The second-order valence-electron chi connectivity index (χ2n) is 8.09. The van der Waals surface area contributed by atoms with Crippen LogP contribution in [-0.4, -0.2) is 23.9 Å². The molecule has 0 saturated carbocycles. The molecule has 1 aliphatic heterocycles. The van der Waals surface area contributed by atoms with Gasteiger partial charge in [-0.3, -0.25) is 14.5 Å². The smallest absolute Gasteiger partial charge is 0.294 e. The van der Waals surface area contributed by atoms with Crippen LogP contribution in [0.25, 0.3) is 11.0 Å². The van der Waals surface area contributed by atoms with Gasteiger partial charge in [0.25, 0.3) is 5.91 Å². The number of carbonyl (C=O) groups excluding carboxylic acids is 2. The Kier molecular flexibility index (Phi) is 5.42. The maximum atomic E-state index is 13.7. The Morgan fingerprint density at radius 3 is 2.44 bits per heavy atom. The molecule has 1 unspecified atom stereocenters. The number of anilines is 1. The SMILES string of the molecule is CCc1ccc(N2C(=O)C(O)=C(C(=O)c3cc4cccc(OC)c4o3)C2c2ccccc2)cc1. The van der Waals surface area contributed by atoms with Crippen molar-refractivity contribution >= 4 is 28.3 Å². The monoisotopic (exact) mass is 453 g/mol. The number of para-hydroxylation sites is 1. The first kappa shape index (κ1) is 21.5.